The summed E-state index contributed by atoms with van der Waals surface area (Å²) in [4.78, 5) is 0. The van der Waals surface area contributed by atoms with E-state index in [-0.39, 0.29) is 14.7 Å². The Labute approximate surface area is 57.9 Å². The van der Waals surface area contributed by atoms with Crippen LogP contribution in [0.15, 0.2) is 0 Å². The Kier molecular flexibility index (Phi) is 4.75. The molecule has 0 aromatic rings. The molecule has 0 heterocycles. The van der Waals surface area contributed by atoms with Crippen molar-refractivity contribution in [3.63, 3.8) is 0 Å². The van der Waals surface area contributed by atoms with E-state index in [0.29, 0.717) is 0 Å². The van der Waals surface area contributed by atoms with Crippen LogP contribution in [0.5, 0.6) is 0 Å². The topological polar surface area (TPSA) is 0 Å². The summed E-state index contributed by atoms with van der Waals surface area (Å²) in [5.41, 5.74) is 0. The van der Waals surface area contributed by atoms with E-state index < -0.39 is 0 Å². The zero-order valence-corrected chi connectivity index (χ0v) is 8.32. The molecule has 0 saturated carbocycles. The SMILES string of the molecule is CC[As](CC)C(C)C. The molecule has 0 fully saturated rings. The van der Waals surface area contributed by atoms with Gasteiger partial charge in [-0.2, -0.15) is 0 Å². The van der Waals surface area contributed by atoms with Crippen molar-refractivity contribution >= 4 is 14.7 Å². The number of hydrogen-bond acceptors (Lipinski definition) is 0. The van der Waals surface area contributed by atoms with Crippen molar-refractivity contribution in [3.05, 3.63) is 0 Å². The molecular formula is C7H17As. The van der Waals surface area contributed by atoms with Crippen LogP contribution in [-0.4, -0.2) is 14.7 Å². The summed E-state index contributed by atoms with van der Waals surface area (Å²) in [5, 5.41) is 2.97. The average Bonchev–Trinajstić information content (AvgIpc) is 1.69. The van der Waals surface area contributed by atoms with Crippen molar-refractivity contribution in [1.82, 2.24) is 0 Å². The first-order valence-corrected chi connectivity index (χ1v) is 7.20. The summed E-state index contributed by atoms with van der Waals surface area (Å²) in [6, 6.07) is 0. The van der Waals surface area contributed by atoms with Crippen molar-refractivity contribution in [1.29, 1.82) is 0 Å². The number of hydrogen-bond donors (Lipinski definition) is 0. The molecule has 0 aromatic carbocycles. The fraction of sp³-hybridized carbons (Fsp3) is 1.00. The molecule has 0 radical (unpaired) electrons. The average molecular weight is 176 g/mol. The van der Waals surface area contributed by atoms with Gasteiger partial charge in [0, 0.05) is 0 Å². The molecule has 0 amide bonds. The molecule has 0 rings (SSSR count). The van der Waals surface area contributed by atoms with Crippen LogP contribution < -0.4 is 0 Å². The van der Waals surface area contributed by atoms with Crippen LogP contribution >= 0.6 is 0 Å². The third-order valence-electron chi connectivity index (χ3n) is 1.54. The van der Waals surface area contributed by atoms with Crippen LogP contribution in [0.4, 0.5) is 0 Å². The van der Waals surface area contributed by atoms with E-state index in [1.54, 1.807) is 0 Å². The molecular weight excluding hydrogens is 159 g/mol. The second-order valence-electron chi connectivity index (χ2n) is 2.31. The molecule has 0 N–H and O–H groups in total. The molecule has 1 heteroatoms. The molecule has 0 atom stereocenters. The fourth-order valence-corrected chi connectivity index (χ4v) is 4.96. The Hall–Kier alpha value is 0.558. The van der Waals surface area contributed by atoms with Crippen molar-refractivity contribution < 1.29 is 0 Å². The van der Waals surface area contributed by atoms with Crippen LogP contribution in [0.25, 0.3) is 0 Å². The van der Waals surface area contributed by atoms with Gasteiger partial charge in [-0.05, 0) is 0 Å². The molecule has 0 bridgehead atoms. The van der Waals surface area contributed by atoms with E-state index in [0.717, 1.165) is 4.71 Å². The minimum absolute atomic E-state index is 0.326. The maximum atomic E-state index is 2.37. The van der Waals surface area contributed by atoms with Gasteiger partial charge in [-0.15, -0.1) is 0 Å². The summed E-state index contributed by atoms with van der Waals surface area (Å²) in [7, 11) is 0. The minimum atomic E-state index is -0.326. The van der Waals surface area contributed by atoms with Crippen LogP contribution in [0, 0.1) is 0 Å². The number of rotatable bonds is 3. The molecule has 0 aliphatic carbocycles. The van der Waals surface area contributed by atoms with Gasteiger partial charge < -0.3 is 0 Å². The molecule has 8 heavy (non-hydrogen) atoms. The second kappa shape index (κ2) is 4.44. The predicted molar refractivity (Wildman–Crippen MR) is 41.8 cm³/mol. The Morgan fingerprint density at radius 3 is 1.50 bits per heavy atom. The van der Waals surface area contributed by atoms with Gasteiger partial charge >= 0.3 is 57.5 Å². The van der Waals surface area contributed by atoms with Crippen LogP contribution in [0.2, 0.25) is 15.1 Å². The Morgan fingerprint density at radius 2 is 1.50 bits per heavy atom. The van der Waals surface area contributed by atoms with E-state index in [4.69, 9.17) is 0 Å². The van der Waals surface area contributed by atoms with Gasteiger partial charge in [-0.3, -0.25) is 0 Å². The first-order chi connectivity index (χ1) is 3.72. The first-order valence-electron chi connectivity index (χ1n) is 3.46. The molecule has 0 saturated heterocycles. The molecule has 0 nitrogen and oxygen atoms in total. The van der Waals surface area contributed by atoms with Crippen molar-refractivity contribution in [3.8, 4) is 0 Å². The summed E-state index contributed by atoms with van der Waals surface area (Å²) in [6.45, 7) is 9.41. The van der Waals surface area contributed by atoms with Crippen molar-refractivity contribution in [2.45, 2.75) is 42.8 Å². The van der Waals surface area contributed by atoms with Crippen molar-refractivity contribution in [2.24, 2.45) is 0 Å². The Bertz CT molecular complexity index is 46.3. The van der Waals surface area contributed by atoms with E-state index in [1.165, 1.54) is 10.4 Å². The normalized spacial score (nSPS) is 11.2. The summed E-state index contributed by atoms with van der Waals surface area (Å²) in [5.74, 6) is 0. The molecule has 50 valence electrons. The maximum absolute atomic E-state index is 2.37. The quantitative estimate of drug-likeness (QED) is 0.580. The molecule has 0 aromatic heterocycles. The van der Waals surface area contributed by atoms with Gasteiger partial charge in [0.2, 0.25) is 0 Å². The van der Waals surface area contributed by atoms with Gasteiger partial charge in [0.05, 0.1) is 0 Å². The summed E-state index contributed by atoms with van der Waals surface area (Å²) >= 11 is -0.326. The fourth-order valence-electron chi connectivity index (χ4n) is 0.954. The van der Waals surface area contributed by atoms with E-state index in [9.17, 15) is 0 Å². The molecule has 0 unspecified atom stereocenters. The van der Waals surface area contributed by atoms with E-state index in [1.807, 2.05) is 0 Å². The van der Waals surface area contributed by atoms with Gasteiger partial charge in [0.1, 0.15) is 0 Å². The summed E-state index contributed by atoms with van der Waals surface area (Å²) in [6.07, 6.45) is 0. The van der Waals surface area contributed by atoms with Crippen LogP contribution in [-0.2, 0) is 0 Å². The second-order valence-corrected chi connectivity index (χ2v) is 9.61. The zero-order chi connectivity index (χ0) is 6.57. The van der Waals surface area contributed by atoms with Gasteiger partial charge in [0.15, 0.2) is 0 Å². The Morgan fingerprint density at radius 1 is 1.12 bits per heavy atom. The van der Waals surface area contributed by atoms with Gasteiger partial charge in [0.25, 0.3) is 0 Å². The van der Waals surface area contributed by atoms with Crippen molar-refractivity contribution in [2.75, 3.05) is 0 Å². The zero-order valence-electron chi connectivity index (χ0n) is 6.44. The standard InChI is InChI=1S/C7H17As/c1-5-8(6-2)7(3)4/h7H,5-6H2,1-4H3. The van der Waals surface area contributed by atoms with E-state index in [2.05, 4.69) is 27.7 Å². The van der Waals surface area contributed by atoms with Crippen LogP contribution in [0.1, 0.15) is 27.7 Å². The van der Waals surface area contributed by atoms with Gasteiger partial charge in [-0.25, -0.2) is 0 Å². The molecule has 0 aliphatic rings. The van der Waals surface area contributed by atoms with Gasteiger partial charge in [-0.1, -0.05) is 0 Å². The van der Waals surface area contributed by atoms with Crippen LogP contribution in [0.3, 0.4) is 0 Å². The monoisotopic (exact) mass is 176 g/mol. The first kappa shape index (κ1) is 8.56. The molecule has 0 aliphatic heterocycles. The Balaban J connectivity index is 3.35. The molecule has 0 spiro atoms. The third-order valence-corrected chi connectivity index (χ3v) is 8.02. The predicted octanol–water partition coefficient (Wildman–Crippen LogP) is 2.93. The summed E-state index contributed by atoms with van der Waals surface area (Å²) < 4.78 is 1.03. The third kappa shape index (κ3) is 2.77. The van der Waals surface area contributed by atoms with E-state index >= 15 is 0 Å².